The Morgan fingerprint density at radius 2 is 1.68 bits per heavy atom. The average Bonchev–Trinajstić information content (AvgIpc) is 2.61. The zero-order chi connectivity index (χ0) is 18.2. The molecular weight excluding hydrogens is 318 g/mol. The first kappa shape index (κ1) is 18.5. The molecule has 1 unspecified atom stereocenters. The second-order valence-electron chi connectivity index (χ2n) is 5.80. The topological polar surface area (TPSA) is 64.6 Å². The van der Waals surface area contributed by atoms with E-state index in [-0.39, 0.29) is 30.6 Å². The monoisotopic (exact) mass is 341 g/mol. The number of carbonyl (C=O) groups is 2. The molecule has 1 amide bonds. The van der Waals surface area contributed by atoms with Crippen LogP contribution < -0.4 is 14.8 Å². The highest BCUT2D eigenvalue weighted by Crippen LogP contribution is 2.27. The maximum atomic E-state index is 12.4. The van der Waals surface area contributed by atoms with E-state index in [1.165, 1.54) is 6.92 Å². The van der Waals surface area contributed by atoms with Crippen LogP contribution in [-0.4, -0.2) is 25.9 Å². The smallest absolute Gasteiger partial charge is 0.224 e. The van der Waals surface area contributed by atoms with Crippen LogP contribution in [0, 0.1) is 0 Å². The van der Waals surface area contributed by atoms with Gasteiger partial charge in [0.15, 0.2) is 11.5 Å². The van der Waals surface area contributed by atoms with E-state index >= 15 is 0 Å². The molecule has 0 heterocycles. The zero-order valence-corrected chi connectivity index (χ0v) is 14.7. The summed E-state index contributed by atoms with van der Waals surface area (Å²) in [6.07, 6.45) is 0.462. The van der Waals surface area contributed by atoms with Gasteiger partial charge in [0.2, 0.25) is 5.91 Å². The van der Waals surface area contributed by atoms with Crippen molar-refractivity contribution in [1.29, 1.82) is 0 Å². The zero-order valence-electron chi connectivity index (χ0n) is 14.7. The highest BCUT2D eigenvalue weighted by Gasteiger charge is 2.17. The first-order valence-electron chi connectivity index (χ1n) is 8.08. The van der Waals surface area contributed by atoms with Crippen LogP contribution in [-0.2, 0) is 16.0 Å². The van der Waals surface area contributed by atoms with Crippen LogP contribution in [0.1, 0.15) is 30.5 Å². The van der Waals surface area contributed by atoms with Gasteiger partial charge in [-0.25, -0.2) is 0 Å². The lowest BCUT2D eigenvalue weighted by Gasteiger charge is -2.18. The van der Waals surface area contributed by atoms with Gasteiger partial charge in [-0.3, -0.25) is 9.59 Å². The fourth-order valence-electron chi connectivity index (χ4n) is 2.65. The summed E-state index contributed by atoms with van der Waals surface area (Å²) in [6.45, 7) is 1.52. The van der Waals surface area contributed by atoms with Crippen LogP contribution in [0.4, 0.5) is 0 Å². The number of ketones is 1. The molecule has 0 bridgehead atoms. The van der Waals surface area contributed by atoms with Crippen molar-refractivity contribution < 1.29 is 19.1 Å². The predicted octanol–water partition coefficient (Wildman–Crippen LogP) is 3.08. The molecule has 2 rings (SSSR count). The van der Waals surface area contributed by atoms with Crippen LogP contribution in [0.2, 0.25) is 0 Å². The number of hydrogen-bond donors (Lipinski definition) is 1. The Balaban J connectivity index is 2.09. The van der Waals surface area contributed by atoms with Crippen molar-refractivity contribution in [3.8, 4) is 11.5 Å². The van der Waals surface area contributed by atoms with E-state index in [2.05, 4.69) is 5.32 Å². The molecule has 2 aromatic carbocycles. The number of carbonyl (C=O) groups excluding carboxylic acids is 2. The van der Waals surface area contributed by atoms with Gasteiger partial charge in [-0.2, -0.15) is 0 Å². The Kier molecular flexibility index (Phi) is 6.57. The number of nitrogens with one attached hydrogen (secondary N) is 1. The molecule has 5 heteroatoms. The van der Waals surface area contributed by atoms with Gasteiger partial charge in [0.1, 0.15) is 5.78 Å². The summed E-state index contributed by atoms with van der Waals surface area (Å²) in [5.74, 6) is 1.07. The maximum absolute atomic E-state index is 12.4. The molecule has 0 spiro atoms. The fraction of sp³-hybridized carbons (Fsp3) is 0.300. The Morgan fingerprint density at radius 1 is 1.00 bits per heavy atom. The maximum Gasteiger partial charge on any atom is 0.224 e. The number of ether oxygens (including phenoxy) is 2. The summed E-state index contributed by atoms with van der Waals surface area (Å²) in [7, 11) is 3.12. The van der Waals surface area contributed by atoms with E-state index in [0.717, 1.165) is 11.1 Å². The summed E-state index contributed by atoms with van der Waals surface area (Å²) in [5.41, 5.74) is 1.73. The molecule has 2 aromatic rings. The van der Waals surface area contributed by atoms with Crippen LogP contribution in [0.15, 0.2) is 48.5 Å². The van der Waals surface area contributed by atoms with Gasteiger partial charge in [-0.05, 0) is 30.2 Å². The fourth-order valence-corrected chi connectivity index (χ4v) is 2.65. The average molecular weight is 341 g/mol. The highest BCUT2D eigenvalue weighted by molar-refractivity contribution is 5.81. The molecule has 1 N–H and O–H groups in total. The molecule has 1 atom stereocenters. The minimum absolute atomic E-state index is 0.0280. The quantitative estimate of drug-likeness (QED) is 0.801. The van der Waals surface area contributed by atoms with Crippen molar-refractivity contribution in [1.82, 2.24) is 5.32 Å². The third-order valence-corrected chi connectivity index (χ3v) is 3.84. The first-order chi connectivity index (χ1) is 12.0. The number of amides is 1. The summed E-state index contributed by atoms with van der Waals surface area (Å²) in [6, 6.07) is 14.5. The highest BCUT2D eigenvalue weighted by atomic mass is 16.5. The van der Waals surface area contributed by atoms with Crippen LogP contribution in [0.5, 0.6) is 11.5 Å². The second kappa shape index (κ2) is 8.87. The molecule has 0 aliphatic heterocycles. The van der Waals surface area contributed by atoms with Crippen LogP contribution in [0.3, 0.4) is 0 Å². The van der Waals surface area contributed by atoms with E-state index in [0.29, 0.717) is 11.5 Å². The van der Waals surface area contributed by atoms with Gasteiger partial charge in [0, 0.05) is 6.42 Å². The molecule has 0 radical (unpaired) electrons. The molecule has 0 aliphatic carbocycles. The van der Waals surface area contributed by atoms with Crippen molar-refractivity contribution in [3.63, 3.8) is 0 Å². The number of methoxy groups -OCH3 is 2. The Bertz CT molecular complexity index is 728. The van der Waals surface area contributed by atoms with Crippen LogP contribution in [0.25, 0.3) is 0 Å². The van der Waals surface area contributed by atoms with Gasteiger partial charge in [0.05, 0.1) is 26.7 Å². The normalized spacial score (nSPS) is 11.5. The van der Waals surface area contributed by atoms with Gasteiger partial charge < -0.3 is 14.8 Å². The molecule has 0 saturated heterocycles. The Morgan fingerprint density at radius 3 is 2.28 bits per heavy atom. The lowest BCUT2D eigenvalue weighted by Crippen LogP contribution is -2.31. The number of rotatable bonds is 8. The van der Waals surface area contributed by atoms with E-state index in [1.54, 1.807) is 26.4 Å². The molecule has 5 nitrogen and oxygen atoms in total. The molecule has 0 saturated carbocycles. The predicted molar refractivity (Wildman–Crippen MR) is 95.9 cm³/mol. The van der Waals surface area contributed by atoms with Gasteiger partial charge in [0.25, 0.3) is 0 Å². The molecule has 132 valence electrons. The van der Waals surface area contributed by atoms with Crippen LogP contribution >= 0.6 is 0 Å². The minimum atomic E-state index is -0.327. The van der Waals surface area contributed by atoms with E-state index in [9.17, 15) is 9.59 Å². The molecular formula is C20H23NO4. The standard InChI is InChI=1S/C20H23NO4/c1-14(22)11-17(16-7-5-4-6-8-16)21-20(23)13-15-9-10-18(24-2)19(12-15)25-3/h4-10,12,17H,11,13H2,1-3H3,(H,21,23). The van der Waals surface area contributed by atoms with Crippen molar-refractivity contribution in [2.24, 2.45) is 0 Å². The lowest BCUT2D eigenvalue weighted by atomic mass is 10.0. The first-order valence-corrected chi connectivity index (χ1v) is 8.08. The van der Waals surface area contributed by atoms with E-state index in [4.69, 9.17) is 9.47 Å². The summed E-state index contributed by atoms with van der Waals surface area (Å²) in [5, 5.41) is 2.95. The van der Waals surface area contributed by atoms with E-state index in [1.807, 2.05) is 36.4 Å². The Hall–Kier alpha value is -2.82. The van der Waals surface area contributed by atoms with Crippen molar-refractivity contribution >= 4 is 11.7 Å². The molecule has 0 aromatic heterocycles. The minimum Gasteiger partial charge on any atom is -0.493 e. The van der Waals surface area contributed by atoms with Gasteiger partial charge in [-0.1, -0.05) is 36.4 Å². The van der Waals surface area contributed by atoms with Crippen molar-refractivity contribution in [2.75, 3.05) is 14.2 Å². The molecule has 25 heavy (non-hydrogen) atoms. The second-order valence-corrected chi connectivity index (χ2v) is 5.80. The van der Waals surface area contributed by atoms with Gasteiger partial charge in [-0.15, -0.1) is 0 Å². The van der Waals surface area contributed by atoms with Crippen molar-refractivity contribution in [3.05, 3.63) is 59.7 Å². The number of benzene rings is 2. The van der Waals surface area contributed by atoms with E-state index < -0.39 is 0 Å². The molecule has 0 fully saturated rings. The third kappa shape index (κ3) is 5.35. The van der Waals surface area contributed by atoms with Crippen molar-refractivity contribution in [2.45, 2.75) is 25.8 Å². The largest absolute Gasteiger partial charge is 0.493 e. The number of hydrogen-bond acceptors (Lipinski definition) is 4. The summed E-state index contributed by atoms with van der Waals surface area (Å²) >= 11 is 0. The SMILES string of the molecule is COc1ccc(CC(=O)NC(CC(C)=O)c2ccccc2)cc1OC. The van der Waals surface area contributed by atoms with Gasteiger partial charge >= 0.3 is 0 Å². The third-order valence-electron chi connectivity index (χ3n) is 3.84. The Labute approximate surface area is 148 Å². The molecule has 0 aliphatic rings. The lowest BCUT2D eigenvalue weighted by molar-refractivity contribution is -0.122. The summed E-state index contributed by atoms with van der Waals surface area (Å²) < 4.78 is 10.5. The summed E-state index contributed by atoms with van der Waals surface area (Å²) in [4.78, 5) is 24.0. The number of Topliss-reactive ketones (excluding diaryl/α,β-unsaturated/α-hetero) is 1.